The number of hydrogen-bond acceptors (Lipinski definition) is 4. The minimum atomic E-state index is -3.22. The third-order valence-corrected chi connectivity index (χ3v) is 4.95. The van der Waals surface area contributed by atoms with Crippen LogP contribution in [0.15, 0.2) is 71.9 Å². The van der Waals surface area contributed by atoms with Gasteiger partial charge in [-0.05, 0) is 30.3 Å². The molecule has 0 aliphatic rings. The monoisotopic (exact) mass is 338 g/mol. The molecule has 0 fully saturated rings. The van der Waals surface area contributed by atoms with E-state index in [2.05, 4.69) is 10.2 Å². The molecule has 2 aromatic heterocycles. The summed E-state index contributed by atoms with van der Waals surface area (Å²) in [5.41, 5.74) is 1.74. The molecule has 4 rings (SSSR count). The van der Waals surface area contributed by atoms with E-state index in [4.69, 9.17) is 0 Å². The molecular formula is C17H14N4O2S. The summed E-state index contributed by atoms with van der Waals surface area (Å²) in [6.45, 7) is 0. The molecule has 0 spiro atoms. The van der Waals surface area contributed by atoms with Gasteiger partial charge in [-0.3, -0.25) is 0 Å². The summed E-state index contributed by atoms with van der Waals surface area (Å²) >= 11 is 0. The molecular weight excluding hydrogens is 324 g/mol. The fraction of sp³-hybridized carbons (Fsp3) is 0.0588. The van der Waals surface area contributed by atoms with Crippen molar-refractivity contribution < 1.29 is 8.42 Å². The summed E-state index contributed by atoms with van der Waals surface area (Å²) in [5, 5.41) is 9.83. The molecule has 0 aliphatic heterocycles. The van der Waals surface area contributed by atoms with Gasteiger partial charge in [-0.2, -0.15) is 10.2 Å². The summed E-state index contributed by atoms with van der Waals surface area (Å²) in [4.78, 5) is 0.282. The van der Waals surface area contributed by atoms with E-state index in [1.807, 2.05) is 35.0 Å². The van der Waals surface area contributed by atoms with Crippen molar-refractivity contribution in [2.24, 2.45) is 0 Å². The zero-order chi connectivity index (χ0) is 16.7. The van der Waals surface area contributed by atoms with E-state index in [1.54, 1.807) is 41.3 Å². The number of hydrogen-bond donors (Lipinski definition) is 0. The highest BCUT2D eigenvalue weighted by Gasteiger charge is 2.12. The molecule has 4 aromatic rings. The van der Waals surface area contributed by atoms with Crippen molar-refractivity contribution in [2.75, 3.05) is 6.26 Å². The molecule has 0 unspecified atom stereocenters. The van der Waals surface area contributed by atoms with Crippen LogP contribution >= 0.6 is 0 Å². The van der Waals surface area contributed by atoms with Gasteiger partial charge in [-0.1, -0.05) is 18.2 Å². The van der Waals surface area contributed by atoms with Gasteiger partial charge in [0.1, 0.15) is 0 Å². The lowest BCUT2D eigenvalue weighted by Gasteiger charge is -2.09. The SMILES string of the molecule is CS(=O)(=O)c1ccc(-n2nccc2-n2ncc3ccccc32)cc1. The molecule has 0 bridgehead atoms. The number of rotatable bonds is 3. The molecule has 0 atom stereocenters. The van der Waals surface area contributed by atoms with Gasteiger partial charge in [0.2, 0.25) is 0 Å². The second-order valence-electron chi connectivity index (χ2n) is 5.48. The third-order valence-electron chi connectivity index (χ3n) is 3.83. The van der Waals surface area contributed by atoms with Crippen LogP contribution in [0.3, 0.4) is 0 Å². The molecule has 0 saturated carbocycles. The maximum absolute atomic E-state index is 11.6. The van der Waals surface area contributed by atoms with Gasteiger partial charge in [-0.15, -0.1) is 0 Å². The zero-order valence-corrected chi connectivity index (χ0v) is 13.7. The number of para-hydroxylation sites is 1. The predicted octanol–water partition coefficient (Wildman–Crippen LogP) is 2.61. The maximum atomic E-state index is 11.6. The third kappa shape index (κ3) is 2.39. The van der Waals surface area contributed by atoms with E-state index < -0.39 is 9.84 Å². The minimum absolute atomic E-state index is 0.282. The van der Waals surface area contributed by atoms with Gasteiger partial charge in [0.15, 0.2) is 15.7 Å². The van der Waals surface area contributed by atoms with Gasteiger partial charge in [0, 0.05) is 17.7 Å². The normalized spacial score (nSPS) is 11.9. The summed E-state index contributed by atoms with van der Waals surface area (Å²) in [6, 6.07) is 16.4. The van der Waals surface area contributed by atoms with Crippen molar-refractivity contribution in [1.29, 1.82) is 0 Å². The lowest BCUT2D eigenvalue weighted by atomic mass is 10.2. The second kappa shape index (κ2) is 5.31. The van der Waals surface area contributed by atoms with Crippen LogP contribution in [-0.4, -0.2) is 34.2 Å². The van der Waals surface area contributed by atoms with Gasteiger partial charge in [0.05, 0.1) is 28.5 Å². The van der Waals surface area contributed by atoms with E-state index in [-0.39, 0.29) is 4.90 Å². The second-order valence-corrected chi connectivity index (χ2v) is 7.50. The minimum Gasteiger partial charge on any atom is -0.224 e. The van der Waals surface area contributed by atoms with Crippen molar-refractivity contribution in [3.05, 3.63) is 67.0 Å². The van der Waals surface area contributed by atoms with Crippen molar-refractivity contribution >= 4 is 20.7 Å². The molecule has 24 heavy (non-hydrogen) atoms. The smallest absolute Gasteiger partial charge is 0.175 e. The maximum Gasteiger partial charge on any atom is 0.175 e. The highest BCUT2D eigenvalue weighted by Crippen LogP contribution is 2.21. The molecule has 2 heterocycles. The molecule has 7 heteroatoms. The van der Waals surface area contributed by atoms with E-state index in [0.717, 1.165) is 22.4 Å². The van der Waals surface area contributed by atoms with Crippen molar-refractivity contribution in [3.63, 3.8) is 0 Å². The first-order valence-corrected chi connectivity index (χ1v) is 9.21. The van der Waals surface area contributed by atoms with Crippen LogP contribution in [0.5, 0.6) is 0 Å². The van der Waals surface area contributed by atoms with E-state index in [0.29, 0.717) is 0 Å². The summed E-state index contributed by atoms with van der Waals surface area (Å²) in [6.07, 6.45) is 4.69. The van der Waals surface area contributed by atoms with E-state index in [9.17, 15) is 8.42 Å². The van der Waals surface area contributed by atoms with Crippen molar-refractivity contribution in [3.8, 4) is 11.5 Å². The molecule has 0 amide bonds. The highest BCUT2D eigenvalue weighted by atomic mass is 32.2. The summed E-state index contributed by atoms with van der Waals surface area (Å²) < 4.78 is 26.7. The Hall–Kier alpha value is -2.93. The topological polar surface area (TPSA) is 69.8 Å². The fourth-order valence-corrected chi connectivity index (χ4v) is 3.27. The van der Waals surface area contributed by atoms with Crippen LogP contribution in [0.2, 0.25) is 0 Å². The number of sulfone groups is 1. The van der Waals surface area contributed by atoms with Crippen molar-refractivity contribution in [1.82, 2.24) is 19.6 Å². The lowest BCUT2D eigenvalue weighted by Crippen LogP contribution is -2.07. The van der Waals surface area contributed by atoms with Crippen LogP contribution in [-0.2, 0) is 9.84 Å². The van der Waals surface area contributed by atoms with Crippen LogP contribution in [0.1, 0.15) is 0 Å². The Morgan fingerprint density at radius 1 is 0.875 bits per heavy atom. The van der Waals surface area contributed by atoms with Gasteiger partial charge >= 0.3 is 0 Å². The Labute approximate surface area is 138 Å². The van der Waals surface area contributed by atoms with Gasteiger partial charge in [0.25, 0.3) is 0 Å². The molecule has 6 nitrogen and oxygen atoms in total. The van der Waals surface area contributed by atoms with Crippen LogP contribution in [0, 0.1) is 0 Å². The quantitative estimate of drug-likeness (QED) is 0.576. The molecule has 0 aliphatic carbocycles. The highest BCUT2D eigenvalue weighted by molar-refractivity contribution is 7.90. The first-order chi connectivity index (χ1) is 11.5. The molecule has 0 saturated heterocycles. The summed E-state index contributed by atoms with van der Waals surface area (Å²) in [5.74, 6) is 0.781. The molecule has 120 valence electrons. The Kier molecular flexibility index (Phi) is 3.24. The number of aromatic nitrogens is 4. The Morgan fingerprint density at radius 2 is 1.62 bits per heavy atom. The Morgan fingerprint density at radius 3 is 2.38 bits per heavy atom. The average molecular weight is 338 g/mol. The number of benzene rings is 2. The molecule has 2 aromatic carbocycles. The van der Waals surface area contributed by atoms with Gasteiger partial charge < -0.3 is 0 Å². The Bertz CT molecular complexity index is 1120. The first-order valence-electron chi connectivity index (χ1n) is 7.32. The fourth-order valence-electron chi connectivity index (χ4n) is 2.64. The number of fused-ring (bicyclic) bond motifs is 1. The predicted molar refractivity (Wildman–Crippen MR) is 91.3 cm³/mol. The van der Waals surface area contributed by atoms with E-state index >= 15 is 0 Å². The van der Waals surface area contributed by atoms with Crippen molar-refractivity contribution in [2.45, 2.75) is 4.90 Å². The van der Waals surface area contributed by atoms with Crippen LogP contribution < -0.4 is 0 Å². The van der Waals surface area contributed by atoms with Crippen LogP contribution in [0.25, 0.3) is 22.4 Å². The number of nitrogens with zero attached hydrogens (tertiary/aromatic N) is 4. The zero-order valence-electron chi connectivity index (χ0n) is 12.9. The molecule has 0 N–H and O–H groups in total. The summed E-state index contributed by atoms with van der Waals surface area (Å²) in [7, 11) is -3.22. The standard InChI is InChI=1S/C17H14N4O2S/c1-24(22,23)15-8-6-14(7-9-15)20-17(10-11-18-20)21-16-5-3-2-4-13(16)12-19-21/h2-12H,1H3. The van der Waals surface area contributed by atoms with Crippen LogP contribution in [0.4, 0.5) is 0 Å². The Balaban J connectivity index is 1.83. The average Bonchev–Trinajstić information content (AvgIpc) is 3.20. The van der Waals surface area contributed by atoms with Gasteiger partial charge in [-0.25, -0.2) is 17.8 Å². The lowest BCUT2D eigenvalue weighted by molar-refractivity contribution is 0.602. The molecule has 0 radical (unpaired) electrons. The largest absolute Gasteiger partial charge is 0.224 e. The van der Waals surface area contributed by atoms with E-state index in [1.165, 1.54) is 6.26 Å². The first kappa shape index (κ1) is 14.6.